The van der Waals surface area contributed by atoms with E-state index in [4.69, 9.17) is 15.5 Å². The minimum absolute atomic E-state index is 0.338. The Morgan fingerprint density at radius 1 is 0.902 bits per heavy atom. The maximum absolute atomic E-state index is 12.7. The number of carbonyl (C=O) groups is 2. The molecule has 3 aromatic heterocycles. The van der Waals surface area contributed by atoms with E-state index in [1.54, 1.807) is 30.7 Å². The van der Waals surface area contributed by atoms with Crippen molar-refractivity contribution in [3.63, 3.8) is 0 Å². The molecule has 2 amide bonds. The number of rotatable bonds is 7. The van der Waals surface area contributed by atoms with Crippen LogP contribution in [-0.4, -0.2) is 32.6 Å². The van der Waals surface area contributed by atoms with Crippen molar-refractivity contribution in [3.8, 4) is 22.4 Å². The van der Waals surface area contributed by atoms with Crippen LogP contribution >= 0.6 is 0 Å². The van der Waals surface area contributed by atoms with Gasteiger partial charge in [-0.2, -0.15) is 0 Å². The van der Waals surface area contributed by atoms with Crippen LogP contribution in [0.3, 0.4) is 0 Å². The topological polar surface area (TPSA) is 120 Å². The number of alkyl carbamates (subject to hydrolysis) is 1. The van der Waals surface area contributed by atoms with Gasteiger partial charge >= 0.3 is 6.09 Å². The van der Waals surface area contributed by atoms with Crippen LogP contribution in [0.5, 0.6) is 0 Å². The van der Waals surface area contributed by atoms with Crippen LogP contribution < -0.4 is 11.1 Å². The first-order valence-corrected chi connectivity index (χ1v) is 13.3. The molecular weight excluding hydrogens is 514 g/mol. The van der Waals surface area contributed by atoms with Gasteiger partial charge in [-0.3, -0.25) is 14.8 Å². The highest BCUT2D eigenvalue weighted by atomic mass is 16.6. The Balaban J connectivity index is 1.57. The first-order valence-electron chi connectivity index (χ1n) is 13.3. The molecule has 0 bridgehead atoms. The van der Waals surface area contributed by atoms with Crippen LogP contribution in [0.2, 0.25) is 0 Å². The highest BCUT2D eigenvalue weighted by molar-refractivity contribution is 5.96. The van der Waals surface area contributed by atoms with Crippen molar-refractivity contribution >= 4 is 22.9 Å². The molecule has 0 saturated heterocycles. The fraction of sp³-hybridized carbons (Fsp3) is 0.182. The molecule has 0 aliphatic rings. The van der Waals surface area contributed by atoms with Crippen molar-refractivity contribution in [1.29, 1.82) is 0 Å². The molecule has 5 aromatic rings. The molecule has 0 fully saturated rings. The van der Waals surface area contributed by atoms with Crippen LogP contribution in [-0.2, 0) is 16.1 Å². The van der Waals surface area contributed by atoms with Gasteiger partial charge in [-0.1, -0.05) is 54.6 Å². The number of pyridine rings is 3. The fourth-order valence-electron chi connectivity index (χ4n) is 4.69. The summed E-state index contributed by atoms with van der Waals surface area (Å²) in [7, 11) is 0. The van der Waals surface area contributed by atoms with Crippen LogP contribution in [0, 0.1) is 0 Å². The summed E-state index contributed by atoms with van der Waals surface area (Å²) in [5.74, 6) is -1.26. The summed E-state index contributed by atoms with van der Waals surface area (Å²) in [5.41, 5.74) is 11.8. The van der Waals surface area contributed by atoms with Crippen molar-refractivity contribution in [2.45, 2.75) is 38.8 Å². The molecule has 0 spiro atoms. The molecule has 0 radical (unpaired) electrons. The van der Waals surface area contributed by atoms with Gasteiger partial charge in [-0.15, -0.1) is 0 Å². The molecule has 1 atom stereocenters. The number of fused-ring (bicyclic) bond motifs is 1. The molecule has 8 heteroatoms. The molecular formula is C33H31N5O3. The maximum Gasteiger partial charge on any atom is 0.407 e. The number of amides is 2. The number of aromatic nitrogens is 3. The Bertz CT molecular complexity index is 1680. The minimum Gasteiger partial charge on any atom is -0.444 e. The zero-order valence-electron chi connectivity index (χ0n) is 23.2. The van der Waals surface area contributed by atoms with Crippen LogP contribution in [0.4, 0.5) is 4.79 Å². The van der Waals surface area contributed by atoms with Crippen molar-refractivity contribution in [3.05, 3.63) is 114 Å². The van der Waals surface area contributed by atoms with Gasteiger partial charge < -0.3 is 15.8 Å². The van der Waals surface area contributed by atoms with E-state index in [9.17, 15) is 9.59 Å². The lowest BCUT2D eigenvalue weighted by atomic mass is 9.91. The highest BCUT2D eigenvalue weighted by Crippen LogP contribution is 2.36. The average Bonchev–Trinajstić information content (AvgIpc) is 2.96. The third-order valence-electron chi connectivity index (χ3n) is 6.52. The summed E-state index contributed by atoms with van der Waals surface area (Å²) in [5, 5.41) is 3.53. The number of nitrogens with one attached hydrogen (secondary N) is 1. The molecule has 5 rings (SSSR count). The van der Waals surface area contributed by atoms with Gasteiger partial charge in [0.1, 0.15) is 11.5 Å². The van der Waals surface area contributed by atoms with E-state index in [1.165, 1.54) is 0 Å². The van der Waals surface area contributed by atoms with Gasteiger partial charge in [0.2, 0.25) is 5.91 Å². The number of benzene rings is 2. The maximum atomic E-state index is 12.7. The Labute approximate surface area is 238 Å². The smallest absolute Gasteiger partial charge is 0.407 e. The predicted molar refractivity (Wildman–Crippen MR) is 159 cm³/mol. The van der Waals surface area contributed by atoms with E-state index in [0.717, 1.165) is 33.3 Å². The zero-order valence-corrected chi connectivity index (χ0v) is 23.2. The summed E-state index contributed by atoms with van der Waals surface area (Å²) in [6, 6.07) is 25.3. The third-order valence-corrected chi connectivity index (χ3v) is 6.52. The molecule has 206 valence electrons. The molecule has 0 aliphatic carbocycles. The van der Waals surface area contributed by atoms with Gasteiger partial charge in [0.25, 0.3) is 0 Å². The normalized spacial score (nSPS) is 12.1. The van der Waals surface area contributed by atoms with Crippen LogP contribution in [0.25, 0.3) is 33.3 Å². The van der Waals surface area contributed by atoms with Crippen molar-refractivity contribution in [2.24, 2.45) is 5.73 Å². The van der Waals surface area contributed by atoms with Crippen LogP contribution in [0.15, 0.2) is 97.5 Å². The van der Waals surface area contributed by atoms with Crippen LogP contribution in [0.1, 0.15) is 43.5 Å². The first kappa shape index (κ1) is 27.5. The second-order valence-electron chi connectivity index (χ2n) is 10.7. The minimum atomic E-state index is -0.755. The van der Waals surface area contributed by atoms with Gasteiger partial charge in [-0.25, -0.2) is 9.78 Å². The Kier molecular flexibility index (Phi) is 7.74. The number of ether oxygens (including phenoxy) is 1. The third kappa shape index (κ3) is 6.38. The molecule has 2 aromatic carbocycles. The number of hydrogen-bond donors (Lipinski definition) is 2. The molecule has 0 aliphatic heterocycles. The standard InChI is InChI=1S/C33H31N5O3/c1-33(2,3)41-32(40)37-20-21-9-11-24(12-10-21)29-25(22-7-5-4-6-8-22)19-26-27(38-29)15-18-36-30(26)28(31(34)39)23-13-16-35-17-14-23/h4-19,28H,20H2,1-3H3,(H2,34,39)(H,37,40). The summed E-state index contributed by atoms with van der Waals surface area (Å²) in [6.07, 6.45) is 4.46. The molecule has 1 unspecified atom stereocenters. The van der Waals surface area contributed by atoms with Crippen molar-refractivity contribution in [1.82, 2.24) is 20.3 Å². The summed E-state index contributed by atoms with van der Waals surface area (Å²) in [4.78, 5) is 38.5. The number of nitrogens with two attached hydrogens (primary N) is 1. The van der Waals surface area contributed by atoms with E-state index in [0.29, 0.717) is 23.3 Å². The zero-order chi connectivity index (χ0) is 29.0. The van der Waals surface area contributed by atoms with E-state index < -0.39 is 23.5 Å². The van der Waals surface area contributed by atoms with E-state index in [2.05, 4.69) is 15.3 Å². The lowest BCUT2D eigenvalue weighted by molar-refractivity contribution is -0.118. The second kappa shape index (κ2) is 11.6. The van der Waals surface area contributed by atoms with Crippen molar-refractivity contribution < 1.29 is 14.3 Å². The number of nitrogens with zero attached hydrogens (tertiary/aromatic N) is 3. The monoisotopic (exact) mass is 545 g/mol. The second-order valence-corrected chi connectivity index (χ2v) is 10.7. The molecule has 3 N–H and O–H groups in total. The predicted octanol–water partition coefficient (Wildman–Crippen LogP) is 6.00. The van der Waals surface area contributed by atoms with Crippen molar-refractivity contribution in [2.75, 3.05) is 0 Å². The summed E-state index contributed by atoms with van der Waals surface area (Å²) < 4.78 is 5.33. The molecule has 3 heterocycles. The SMILES string of the molecule is CC(C)(C)OC(=O)NCc1ccc(-c2nc3ccnc(C(C(N)=O)c4ccncc4)c3cc2-c2ccccc2)cc1. The number of hydrogen-bond acceptors (Lipinski definition) is 6. The first-order chi connectivity index (χ1) is 19.7. The molecule has 41 heavy (non-hydrogen) atoms. The summed E-state index contributed by atoms with van der Waals surface area (Å²) >= 11 is 0. The lowest BCUT2D eigenvalue weighted by Gasteiger charge is -2.19. The Hall–Kier alpha value is -5.11. The Morgan fingerprint density at radius 2 is 1.61 bits per heavy atom. The fourth-order valence-corrected chi connectivity index (χ4v) is 4.69. The van der Waals surface area contributed by atoms with E-state index in [1.807, 2.05) is 87.5 Å². The highest BCUT2D eigenvalue weighted by Gasteiger charge is 2.25. The quantitative estimate of drug-likeness (QED) is 0.259. The Morgan fingerprint density at radius 3 is 2.27 bits per heavy atom. The van der Waals surface area contributed by atoms with Gasteiger partial charge in [0, 0.05) is 41.6 Å². The van der Waals surface area contributed by atoms with Gasteiger partial charge in [0.15, 0.2) is 0 Å². The largest absolute Gasteiger partial charge is 0.444 e. The van der Waals surface area contributed by atoms with E-state index in [-0.39, 0.29) is 0 Å². The average molecular weight is 546 g/mol. The molecule has 0 saturated carbocycles. The summed E-state index contributed by atoms with van der Waals surface area (Å²) in [6.45, 7) is 5.82. The van der Waals surface area contributed by atoms with E-state index >= 15 is 0 Å². The van der Waals surface area contributed by atoms with Gasteiger partial charge in [0.05, 0.1) is 16.9 Å². The number of primary amides is 1. The number of carbonyl (C=O) groups excluding carboxylic acids is 2. The lowest BCUT2D eigenvalue weighted by Crippen LogP contribution is -2.32. The van der Waals surface area contributed by atoms with Gasteiger partial charge in [-0.05, 0) is 61.7 Å². The molecule has 8 nitrogen and oxygen atoms in total.